The van der Waals surface area contributed by atoms with Gasteiger partial charge in [-0.2, -0.15) is 13.2 Å². The second kappa shape index (κ2) is 5.20. The Hall–Kier alpha value is -1.96. The number of aromatic nitrogens is 3. The number of hydrogen-bond donors (Lipinski definition) is 0. The second-order valence-corrected chi connectivity index (χ2v) is 4.22. The van der Waals surface area contributed by atoms with E-state index in [0.29, 0.717) is 5.56 Å². The first-order valence-corrected chi connectivity index (χ1v) is 5.61. The molecule has 1 heterocycles. The number of ketones is 1. The third kappa shape index (κ3) is 2.96. The molecule has 0 radical (unpaired) electrons. The number of carbonyl (C=O) groups is 1. The number of rotatable bonds is 3. The van der Waals surface area contributed by atoms with Crippen molar-refractivity contribution in [3.05, 3.63) is 46.5 Å². The average Bonchev–Trinajstić information content (AvgIpc) is 2.81. The minimum atomic E-state index is -5.02. The number of carbonyl (C=O) groups excluding carboxylic acids is 1. The Balaban J connectivity index is 2.22. The number of Topliss-reactive ketones (excluding diaryl/α,β-unsaturated/α-hetero) is 1. The van der Waals surface area contributed by atoms with Crippen molar-refractivity contribution in [3.8, 4) is 0 Å². The summed E-state index contributed by atoms with van der Waals surface area (Å²) in [6.07, 6.45) is -4.19. The maximum atomic E-state index is 13.2. The summed E-state index contributed by atoms with van der Waals surface area (Å²) in [7, 11) is 0. The van der Waals surface area contributed by atoms with E-state index in [1.165, 1.54) is 12.1 Å². The van der Waals surface area contributed by atoms with Crippen LogP contribution >= 0.6 is 11.6 Å². The topological polar surface area (TPSA) is 47.8 Å². The van der Waals surface area contributed by atoms with Crippen LogP contribution in [0.4, 0.5) is 17.6 Å². The van der Waals surface area contributed by atoms with Crippen LogP contribution in [-0.2, 0) is 6.54 Å². The van der Waals surface area contributed by atoms with Gasteiger partial charge in [0.25, 0.3) is 5.78 Å². The molecule has 0 fully saturated rings. The molecule has 0 aliphatic carbocycles. The molecule has 0 spiro atoms. The zero-order valence-corrected chi connectivity index (χ0v) is 10.4. The molecule has 0 aliphatic heterocycles. The van der Waals surface area contributed by atoms with E-state index in [1.54, 1.807) is 0 Å². The third-order valence-electron chi connectivity index (χ3n) is 2.39. The second-order valence-electron chi connectivity index (χ2n) is 3.84. The van der Waals surface area contributed by atoms with Crippen molar-refractivity contribution in [1.82, 2.24) is 15.0 Å². The Labute approximate surface area is 115 Å². The van der Waals surface area contributed by atoms with Crippen LogP contribution in [-0.4, -0.2) is 27.0 Å². The quantitative estimate of drug-likeness (QED) is 0.647. The van der Waals surface area contributed by atoms with Gasteiger partial charge < -0.3 is 0 Å². The molecule has 0 N–H and O–H groups in total. The summed E-state index contributed by atoms with van der Waals surface area (Å²) >= 11 is 5.70. The van der Waals surface area contributed by atoms with Crippen LogP contribution in [0.2, 0.25) is 5.02 Å². The van der Waals surface area contributed by atoms with E-state index in [9.17, 15) is 22.4 Å². The van der Waals surface area contributed by atoms with Gasteiger partial charge in [-0.3, -0.25) is 4.79 Å². The van der Waals surface area contributed by atoms with Crippen LogP contribution in [0.3, 0.4) is 0 Å². The Morgan fingerprint density at radius 1 is 1.35 bits per heavy atom. The van der Waals surface area contributed by atoms with Crippen molar-refractivity contribution in [2.24, 2.45) is 0 Å². The number of alkyl halides is 3. The summed E-state index contributed by atoms with van der Waals surface area (Å²) in [5, 5.41) is 6.36. The van der Waals surface area contributed by atoms with Crippen LogP contribution in [0, 0.1) is 5.82 Å². The third-order valence-corrected chi connectivity index (χ3v) is 2.82. The Morgan fingerprint density at radius 2 is 2.05 bits per heavy atom. The minimum Gasteiger partial charge on any atom is -0.282 e. The maximum Gasteiger partial charge on any atom is 0.456 e. The first kappa shape index (κ1) is 14.4. The lowest BCUT2D eigenvalue weighted by atomic mass is 10.2. The predicted octanol–water partition coefficient (Wildman–Crippen LogP) is 2.86. The van der Waals surface area contributed by atoms with E-state index in [2.05, 4.69) is 10.3 Å². The normalized spacial score (nSPS) is 11.7. The van der Waals surface area contributed by atoms with Gasteiger partial charge in [0, 0.05) is 0 Å². The van der Waals surface area contributed by atoms with E-state index in [-0.39, 0.29) is 11.6 Å². The smallest absolute Gasteiger partial charge is 0.282 e. The first-order chi connectivity index (χ1) is 9.29. The van der Waals surface area contributed by atoms with Crippen molar-refractivity contribution in [2.75, 3.05) is 0 Å². The van der Waals surface area contributed by atoms with E-state index >= 15 is 0 Å². The van der Waals surface area contributed by atoms with Crippen LogP contribution in [0.25, 0.3) is 0 Å². The van der Waals surface area contributed by atoms with Crippen molar-refractivity contribution >= 4 is 17.4 Å². The fourth-order valence-corrected chi connectivity index (χ4v) is 1.66. The molecule has 2 rings (SSSR count). The molecule has 0 atom stereocenters. The van der Waals surface area contributed by atoms with Crippen molar-refractivity contribution < 1.29 is 22.4 Å². The van der Waals surface area contributed by atoms with Crippen LogP contribution in [0.1, 0.15) is 16.1 Å². The summed E-state index contributed by atoms with van der Waals surface area (Å²) in [5.41, 5.74) is -0.521. The molecular formula is C11H6ClF4N3O. The largest absolute Gasteiger partial charge is 0.456 e. The van der Waals surface area contributed by atoms with Gasteiger partial charge in [-0.15, -0.1) is 5.10 Å². The van der Waals surface area contributed by atoms with Gasteiger partial charge in [0.05, 0.1) is 17.8 Å². The standard InChI is InChI=1S/C11H6ClF4N3O/c12-9-6(2-1-3-7(9)13)4-19-5-8(17-18-19)10(20)11(14,15)16/h1-3,5H,4H2. The van der Waals surface area contributed by atoms with Crippen LogP contribution in [0.5, 0.6) is 0 Å². The zero-order valence-electron chi connectivity index (χ0n) is 9.66. The fraction of sp³-hybridized carbons (Fsp3) is 0.182. The Morgan fingerprint density at radius 3 is 2.70 bits per heavy atom. The molecule has 1 aromatic carbocycles. The van der Waals surface area contributed by atoms with Crippen LogP contribution in [0.15, 0.2) is 24.4 Å². The van der Waals surface area contributed by atoms with Gasteiger partial charge in [0.2, 0.25) is 0 Å². The molecule has 2 aromatic rings. The predicted molar refractivity (Wildman–Crippen MR) is 60.9 cm³/mol. The van der Waals surface area contributed by atoms with Gasteiger partial charge in [-0.1, -0.05) is 28.9 Å². The highest BCUT2D eigenvalue weighted by Gasteiger charge is 2.41. The monoisotopic (exact) mass is 307 g/mol. The molecule has 0 amide bonds. The molecule has 0 bridgehead atoms. The lowest BCUT2D eigenvalue weighted by Gasteiger charge is -2.04. The van der Waals surface area contributed by atoms with E-state index in [1.807, 2.05) is 0 Å². The van der Waals surface area contributed by atoms with Gasteiger partial charge in [0.15, 0.2) is 5.69 Å². The molecule has 20 heavy (non-hydrogen) atoms. The molecule has 0 unspecified atom stereocenters. The SMILES string of the molecule is O=C(c1cn(Cc2cccc(F)c2Cl)nn1)C(F)(F)F. The van der Waals surface area contributed by atoms with Gasteiger partial charge in [-0.05, 0) is 11.6 Å². The number of halogens is 5. The molecule has 4 nitrogen and oxygen atoms in total. The summed E-state index contributed by atoms with van der Waals surface area (Å²) in [4.78, 5) is 10.9. The molecule has 0 aliphatic rings. The average molecular weight is 308 g/mol. The van der Waals surface area contributed by atoms with E-state index in [4.69, 9.17) is 11.6 Å². The number of benzene rings is 1. The minimum absolute atomic E-state index is 0.102. The van der Waals surface area contributed by atoms with Gasteiger partial charge in [0.1, 0.15) is 5.82 Å². The van der Waals surface area contributed by atoms with Crippen molar-refractivity contribution in [3.63, 3.8) is 0 Å². The summed E-state index contributed by atoms with van der Waals surface area (Å²) in [6.45, 7) is -0.102. The lowest BCUT2D eigenvalue weighted by molar-refractivity contribution is -0.0888. The molecular weight excluding hydrogens is 302 g/mol. The Bertz CT molecular complexity index is 653. The first-order valence-electron chi connectivity index (χ1n) is 5.23. The Kier molecular flexibility index (Phi) is 3.76. The van der Waals surface area contributed by atoms with Crippen molar-refractivity contribution in [2.45, 2.75) is 12.7 Å². The molecule has 106 valence electrons. The summed E-state index contributed by atoms with van der Waals surface area (Å²) in [6, 6.07) is 4.03. The maximum absolute atomic E-state index is 13.2. The molecule has 0 saturated carbocycles. The zero-order chi connectivity index (χ0) is 14.9. The van der Waals surface area contributed by atoms with E-state index in [0.717, 1.165) is 16.9 Å². The van der Waals surface area contributed by atoms with Crippen molar-refractivity contribution in [1.29, 1.82) is 0 Å². The number of hydrogen-bond acceptors (Lipinski definition) is 3. The number of nitrogens with zero attached hydrogens (tertiary/aromatic N) is 3. The van der Waals surface area contributed by atoms with Gasteiger partial charge in [-0.25, -0.2) is 9.07 Å². The summed E-state index contributed by atoms with van der Waals surface area (Å²) in [5.74, 6) is -2.75. The lowest BCUT2D eigenvalue weighted by Crippen LogP contribution is -2.23. The van der Waals surface area contributed by atoms with E-state index < -0.39 is 23.5 Å². The summed E-state index contributed by atoms with van der Waals surface area (Å²) < 4.78 is 50.7. The van der Waals surface area contributed by atoms with Crippen LogP contribution < -0.4 is 0 Å². The highest BCUT2D eigenvalue weighted by Crippen LogP contribution is 2.22. The molecule has 1 aromatic heterocycles. The highest BCUT2D eigenvalue weighted by atomic mass is 35.5. The highest BCUT2D eigenvalue weighted by molar-refractivity contribution is 6.31. The fourth-order valence-electron chi connectivity index (χ4n) is 1.47. The molecule has 9 heteroatoms. The molecule has 0 saturated heterocycles. The van der Waals surface area contributed by atoms with Gasteiger partial charge >= 0.3 is 6.18 Å².